The standard InChI is InChI=1S/C22H28O/c1-3-4-5-16-7-11-21-20-9-6-15-14-17(23)8-10-18(15)19(20)12-13-22(16,21)2/h7,19-21H,3,6,8-14H2,1-2H3. The van der Waals surface area contributed by atoms with Gasteiger partial charge in [-0.05, 0) is 56.3 Å². The number of hydrogen-bond acceptors (Lipinski definition) is 1. The maximum atomic E-state index is 11.8. The van der Waals surface area contributed by atoms with E-state index in [2.05, 4.69) is 31.8 Å². The Balaban J connectivity index is 1.61. The highest BCUT2D eigenvalue weighted by molar-refractivity contribution is 5.82. The predicted octanol–water partition coefficient (Wildman–Crippen LogP) is 5.22. The first-order valence-corrected chi connectivity index (χ1v) is 9.55. The van der Waals surface area contributed by atoms with Crippen molar-refractivity contribution in [2.75, 3.05) is 0 Å². The zero-order chi connectivity index (χ0) is 16.0. The fraction of sp³-hybridized carbons (Fsp3) is 0.682. The van der Waals surface area contributed by atoms with E-state index < -0.39 is 0 Å². The maximum Gasteiger partial charge on any atom is 0.137 e. The molecule has 1 nitrogen and oxygen atoms in total. The van der Waals surface area contributed by atoms with E-state index in [1.165, 1.54) is 43.3 Å². The molecule has 122 valence electrons. The Morgan fingerprint density at radius 2 is 2.13 bits per heavy atom. The molecule has 0 aromatic heterocycles. The van der Waals surface area contributed by atoms with E-state index in [1.54, 1.807) is 5.57 Å². The first kappa shape index (κ1) is 15.3. The fourth-order valence-electron chi connectivity index (χ4n) is 6.00. The molecule has 0 N–H and O–H groups in total. The van der Waals surface area contributed by atoms with Crippen LogP contribution in [0.5, 0.6) is 0 Å². The molecule has 0 saturated heterocycles. The zero-order valence-electron chi connectivity index (χ0n) is 14.6. The molecular formula is C22H28O. The monoisotopic (exact) mass is 308 g/mol. The topological polar surface area (TPSA) is 17.1 Å². The van der Waals surface area contributed by atoms with E-state index in [-0.39, 0.29) is 0 Å². The van der Waals surface area contributed by atoms with E-state index >= 15 is 0 Å². The summed E-state index contributed by atoms with van der Waals surface area (Å²) >= 11 is 0. The number of hydrogen-bond donors (Lipinski definition) is 0. The summed E-state index contributed by atoms with van der Waals surface area (Å²) in [6.07, 6.45) is 12.4. The molecule has 0 heterocycles. The number of ketones is 1. The van der Waals surface area contributed by atoms with Crippen LogP contribution in [0.1, 0.15) is 71.6 Å². The van der Waals surface area contributed by atoms with Crippen molar-refractivity contribution in [1.29, 1.82) is 0 Å². The first-order chi connectivity index (χ1) is 11.1. The maximum absolute atomic E-state index is 11.8. The number of allylic oxidation sites excluding steroid dienone is 4. The Kier molecular flexibility index (Phi) is 3.75. The molecule has 4 aliphatic rings. The minimum Gasteiger partial charge on any atom is -0.299 e. The minimum absolute atomic E-state index is 0.325. The van der Waals surface area contributed by atoms with Crippen molar-refractivity contribution < 1.29 is 4.79 Å². The third-order valence-corrected chi connectivity index (χ3v) is 7.18. The zero-order valence-corrected chi connectivity index (χ0v) is 14.6. The lowest BCUT2D eigenvalue weighted by atomic mass is 9.53. The molecule has 23 heavy (non-hydrogen) atoms. The molecule has 4 atom stereocenters. The lowest BCUT2D eigenvalue weighted by Crippen LogP contribution is -2.42. The van der Waals surface area contributed by atoms with Crippen LogP contribution in [0.2, 0.25) is 0 Å². The van der Waals surface area contributed by atoms with Gasteiger partial charge in [0.1, 0.15) is 5.78 Å². The van der Waals surface area contributed by atoms with E-state index in [0.717, 1.165) is 43.4 Å². The van der Waals surface area contributed by atoms with Crippen LogP contribution in [0.4, 0.5) is 0 Å². The first-order valence-electron chi connectivity index (χ1n) is 9.55. The van der Waals surface area contributed by atoms with Gasteiger partial charge in [0.25, 0.3) is 0 Å². The number of carbonyl (C=O) groups is 1. The average Bonchev–Trinajstić information content (AvgIpc) is 2.89. The highest BCUT2D eigenvalue weighted by Crippen LogP contribution is 2.61. The largest absolute Gasteiger partial charge is 0.299 e. The normalized spacial score (nSPS) is 39.0. The highest BCUT2D eigenvalue weighted by atomic mass is 16.1. The number of rotatable bonds is 0. The molecule has 4 unspecified atom stereocenters. The smallest absolute Gasteiger partial charge is 0.137 e. The summed E-state index contributed by atoms with van der Waals surface area (Å²) in [7, 11) is 0. The van der Waals surface area contributed by atoms with Gasteiger partial charge in [0.05, 0.1) is 0 Å². The van der Waals surface area contributed by atoms with Gasteiger partial charge in [-0.1, -0.05) is 42.9 Å². The van der Waals surface area contributed by atoms with Crippen molar-refractivity contribution >= 4 is 5.78 Å². The van der Waals surface area contributed by atoms with Crippen LogP contribution in [0, 0.1) is 35.0 Å². The lowest BCUT2D eigenvalue weighted by Gasteiger charge is -2.51. The van der Waals surface area contributed by atoms with Gasteiger partial charge < -0.3 is 0 Å². The van der Waals surface area contributed by atoms with Gasteiger partial charge in [0, 0.05) is 30.3 Å². The summed E-state index contributed by atoms with van der Waals surface area (Å²) in [5.74, 6) is 9.66. The molecule has 0 aliphatic heterocycles. The van der Waals surface area contributed by atoms with Crippen molar-refractivity contribution in [3.8, 4) is 11.8 Å². The summed E-state index contributed by atoms with van der Waals surface area (Å²) < 4.78 is 0. The summed E-state index contributed by atoms with van der Waals surface area (Å²) in [5, 5.41) is 0. The Morgan fingerprint density at radius 3 is 2.96 bits per heavy atom. The second kappa shape index (κ2) is 5.66. The second-order valence-electron chi connectivity index (χ2n) is 8.22. The van der Waals surface area contributed by atoms with Gasteiger partial charge in [-0.3, -0.25) is 4.79 Å². The summed E-state index contributed by atoms with van der Waals surface area (Å²) in [6.45, 7) is 4.62. The highest BCUT2D eigenvalue weighted by Gasteiger charge is 2.52. The molecule has 1 saturated carbocycles. The predicted molar refractivity (Wildman–Crippen MR) is 93.7 cm³/mol. The quantitative estimate of drug-likeness (QED) is 0.443. The van der Waals surface area contributed by atoms with Crippen LogP contribution in [0.3, 0.4) is 0 Å². The molecule has 0 aromatic rings. The van der Waals surface area contributed by atoms with E-state index in [9.17, 15) is 4.79 Å². The fourth-order valence-corrected chi connectivity index (χ4v) is 6.00. The molecule has 4 rings (SSSR count). The molecule has 0 bridgehead atoms. The Hall–Kier alpha value is -1.29. The summed E-state index contributed by atoms with van der Waals surface area (Å²) in [4.78, 5) is 11.8. The van der Waals surface area contributed by atoms with Crippen molar-refractivity contribution in [2.45, 2.75) is 71.6 Å². The van der Waals surface area contributed by atoms with Crippen LogP contribution in [0.15, 0.2) is 22.8 Å². The summed E-state index contributed by atoms with van der Waals surface area (Å²) in [6, 6.07) is 0. The van der Waals surface area contributed by atoms with Crippen LogP contribution in [0.25, 0.3) is 0 Å². The molecular weight excluding hydrogens is 280 g/mol. The SMILES string of the molecule is CCC#CC1=CCC2C3CCC4=C(CCC(=O)C4)C3CCC12C. The Morgan fingerprint density at radius 1 is 1.26 bits per heavy atom. The van der Waals surface area contributed by atoms with Gasteiger partial charge in [0.15, 0.2) is 0 Å². The van der Waals surface area contributed by atoms with Crippen molar-refractivity contribution in [2.24, 2.45) is 23.2 Å². The molecule has 0 radical (unpaired) electrons. The van der Waals surface area contributed by atoms with Gasteiger partial charge in [-0.2, -0.15) is 0 Å². The van der Waals surface area contributed by atoms with Crippen LogP contribution < -0.4 is 0 Å². The average molecular weight is 308 g/mol. The molecule has 0 spiro atoms. The van der Waals surface area contributed by atoms with Gasteiger partial charge in [-0.15, -0.1) is 0 Å². The lowest BCUT2D eigenvalue weighted by molar-refractivity contribution is -0.119. The minimum atomic E-state index is 0.325. The summed E-state index contributed by atoms with van der Waals surface area (Å²) in [5.41, 5.74) is 4.99. The third-order valence-electron chi connectivity index (χ3n) is 7.18. The van der Waals surface area contributed by atoms with Crippen molar-refractivity contribution in [3.63, 3.8) is 0 Å². The van der Waals surface area contributed by atoms with Crippen molar-refractivity contribution in [1.82, 2.24) is 0 Å². The molecule has 1 fully saturated rings. The van der Waals surface area contributed by atoms with E-state index in [4.69, 9.17) is 0 Å². The van der Waals surface area contributed by atoms with E-state index in [1.807, 2.05) is 0 Å². The second-order valence-corrected chi connectivity index (χ2v) is 8.22. The van der Waals surface area contributed by atoms with Gasteiger partial charge in [-0.25, -0.2) is 0 Å². The Bertz CT molecular complexity index is 653. The molecule has 0 aromatic carbocycles. The van der Waals surface area contributed by atoms with Gasteiger partial charge in [0.2, 0.25) is 0 Å². The Labute approximate surface area is 140 Å². The molecule has 0 amide bonds. The van der Waals surface area contributed by atoms with Crippen molar-refractivity contribution in [3.05, 3.63) is 22.8 Å². The number of carbonyl (C=O) groups excluding carboxylic acids is 1. The van der Waals surface area contributed by atoms with Crippen LogP contribution in [-0.4, -0.2) is 5.78 Å². The third kappa shape index (κ3) is 2.34. The number of Topliss-reactive ketones (excluding diaryl/α,β-unsaturated/α-hetero) is 1. The van der Waals surface area contributed by atoms with Crippen LogP contribution in [-0.2, 0) is 4.79 Å². The van der Waals surface area contributed by atoms with Crippen LogP contribution >= 0.6 is 0 Å². The molecule has 4 aliphatic carbocycles. The number of fused-ring (bicyclic) bond motifs is 4. The van der Waals surface area contributed by atoms with E-state index in [0.29, 0.717) is 11.2 Å². The van der Waals surface area contributed by atoms with Gasteiger partial charge >= 0.3 is 0 Å². The molecule has 1 heteroatoms.